The SMILES string of the molecule is Cc1ccc(-n2ncc(C(=O)NNC(=O)c3cc(C)oc3C)c2C(C)C)cc1. The maximum absolute atomic E-state index is 12.7. The molecule has 2 N–H and O–H groups in total. The van der Waals surface area contributed by atoms with Gasteiger partial charge < -0.3 is 4.42 Å². The summed E-state index contributed by atoms with van der Waals surface area (Å²) in [5.41, 5.74) is 8.50. The monoisotopic (exact) mass is 380 g/mol. The first kappa shape index (κ1) is 19.4. The Balaban J connectivity index is 1.81. The van der Waals surface area contributed by atoms with Gasteiger partial charge in [-0.3, -0.25) is 20.4 Å². The molecule has 0 aliphatic carbocycles. The molecule has 0 fully saturated rings. The zero-order valence-electron chi connectivity index (χ0n) is 16.7. The number of rotatable bonds is 4. The fraction of sp³-hybridized carbons (Fsp3) is 0.286. The molecule has 28 heavy (non-hydrogen) atoms. The smallest absolute Gasteiger partial charge is 0.273 e. The first-order chi connectivity index (χ1) is 13.3. The van der Waals surface area contributed by atoms with Gasteiger partial charge in [0.2, 0.25) is 0 Å². The topological polar surface area (TPSA) is 89.2 Å². The van der Waals surface area contributed by atoms with E-state index >= 15 is 0 Å². The van der Waals surface area contributed by atoms with Gasteiger partial charge in [-0.2, -0.15) is 5.10 Å². The number of benzene rings is 1. The van der Waals surface area contributed by atoms with E-state index in [-0.39, 0.29) is 5.92 Å². The predicted octanol–water partition coefficient (Wildman–Crippen LogP) is 3.59. The van der Waals surface area contributed by atoms with Crippen LogP contribution in [0.25, 0.3) is 5.69 Å². The van der Waals surface area contributed by atoms with E-state index in [4.69, 9.17) is 4.42 Å². The maximum atomic E-state index is 12.7. The summed E-state index contributed by atoms with van der Waals surface area (Å²) < 4.78 is 7.11. The Morgan fingerprint density at radius 1 is 1.00 bits per heavy atom. The Kier molecular flexibility index (Phi) is 5.35. The van der Waals surface area contributed by atoms with Gasteiger partial charge in [0.25, 0.3) is 11.8 Å². The van der Waals surface area contributed by atoms with E-state index in [9.17, 15) is 9.59 Å². The normalized spacial score (nSPS) is 10.9. The Morgan fingerprint density at radius 2 is 1.61 bits per heavy atom. The van der Waals surface area contributed by atoms with Gasteiger partial charge in [-0.05, 0) is 44.9 Å². The van der Waals surface area contributed by atoms with Crippen molar-refractivity contribution in [2.24, 2.45) is 0 Å². The van der Waals surface area contributed by atoms with Crippen molar-refractivity contribution in [3.63, 3.8) is 0 Å². The summed E-state index contributed by atoms with van der Waals surface area (Å²) in [4.78, 5) is 25.0. The molecule has 0 aliphatic rings. The van der Waals surface area contributed by atoms with E-state index in [2.05, 4.69) is 16.0 Å². The van der Waals surface area contributed by atoms with E-state index in [1.165, 1.54) is 6.20 Å². The minimum absolute atomic E-state index is 0.0547. The van der Waals surface area contributed by atoms with Crippen LogP contribution >= 0.6 is 0 Å². The molecule has 0 aliphatic heterocycles. The van der Waals surface area contributed by atoms with Crippen LogP contribution in [0.1, 0.15) is 63.3 Å². The molecule has 2 heterocycles. The van der Waals surface area contributed by atoms with E-state index in [1.807, 2.05) is 45.0 Å². The number of aromatic nitrogens is 2. The maximum Gasteiger partial charge on any atom is 0.273 e. The van der Waals surface area contributed by atoms with Gasteiger partial charge in [0.15, 0.2) is 0 Å². The second-order valence-electron chi connectivity index (χ2n) is 7.08. The molecule has 3 rings (SSSR count). The number of hydrogen-bond acceptors (Lipinski definition) is 4. The van der Waals surface area contributed by atoms with Crippen molar-refractivity contribution in [3.05, 3.63) is 70.4 Å². The molecule has 7 heteroatoms. The summed E-state index contributed by atoms with van der Waals surface area (Å²) in [6, 6.07) is 9.54. The number of carbonyl (C=O) groups is 2. The summed E-state index contributed by atoms with van der Waals surface area (Å²) in [5.74, 6) is 0.335. The second-order valence-corrected chi connectivity index (χ2v) is 7.08. The lowest BCUT2D eigenvalue weighted by Gasteiger charge is -2.13. The van der Waals surface area contributed by atoms with Crippen molar-refractivity contribution < 1.29 is 14.0 Å². The highest BCUT2D eigenvalue weighted by Crippen LogP contribution is 2.23. The average molecular weight is 380 g/mol. The van der Waals surface area contributed by atoms with Crippen LogP contribution in [0.4, 0.5) is 0 Å². The summed E-state index contributed by atoms with van der Waals surface area (Å²) in [5, 5.41) is 4.39. The molecule has 0 atom stereocenters. The number of furan rings is 1. The zero-order chi connectivity index (χ0) is 20.4. The number of aryl methyl sites for hydroxylation is 3. The first-order valence-corrected chi connectivity index (χ1v) is 9.10. The Hall–Kier alpha value is -3.35. The van der Waals surface area contributed by atoms with E-state index < -0.39 is 11.8 Å². The fourth-order valence-electron chi connectivity index (χ4n) is 3.08. The molecule has 0 radical (unpaired) electrons. The number of hydrogen-bond donors (Lipinski definition) is 2. The lowest BCUT2D eigenvalue weighted by atomic mass is 10.1. The minimum Gasteiger partial charge on any atom is -0.466 e. The minimum atomic E-state index is -0.431. The van der Waals surface area contributed by atoms with Crippen LogP contribution in [0.3, 0.4) is 0 Å². The van der Waals surface area contributed by atoms with Crippen molar-refractivity contribution in [2.75, 3.05) is 0 Å². The quantitative estimate of drug-likeness (QED) is 0.677. The van der Waals surface area contributed by atoms with Crippen LogP contribution in [0.5, 0.6) is 0 Å². The molecule has 2 aromatic heterocycles. The van der Waals surface area contributed by atoms with Crippen molar-refractivity contribution in [1.82, 2.24) is 20.6 Å². The van der Waals surface area contributed by atoms with E-state index in [1.54, 1.807) is 24.6 Å². The third-order valence-electron chi connectivity index (χ3n) is 4.45. The molecule has 0 bridgehead atoms. The highest BCUT2D eigenvalue weighted by molar-refractivity contribution is 6.00. The molecule has 0 spiro atoms. The summed E-state index contributed by atoms with van der Waals surface area (Å²) >= 11 is 0. The first-order valence-electron chi connectivity index (χ1n) is 9.10. The molecule has 0 saturated carbocycles. The molecule has 146 valence electrons. The average Bonchev–Trinajstić information content (AvgIpc) is 3.23. The number of nitrogens with zero attached hydrogens (tertiary/aromatic N) is 2. The molecular formula is C21H24N4O3. The number of amides is 2. The van der Waals surface area contributed by atoms with E-state index in [0.717, 1.165) is 16.9 Å². The zero-order valence-corrected chi connectivity index (χ0v) is 16.7. The molecule has 7 nitrogen and oxygen atoms in total. The molecular weight excluding hydrogens is 356 g/mol. The van der Waals surface area contributed by atoms with Crippen molar-refractivity contribution in [1.29, 1.82) is 0 Å². The van der Waals surface area contributed by atoms with Gasteiger partial charge in [0, 0.05) is 0 Å². The van der Waals surface area contributed by atoms with Gasteiger partial charge >= 0.3 is 0 Å². The van der Waals surface area contributed by atoms with Gasteiger partial charge in [-0.25, -0.2) is 4.68 Å². The standard InChI is InChI=1S/C21H24N4O3/c1-12(2)19-18(11-22-25(19)16-8-6-13(3)7-9-16)21(27)24-23-20(26)17-10-14(4)28-15(17)5/h6-12H,1-5H3,(H,23,26)(H,24,27). The van der Waals surface area contributed by atoms with E-state index in [0.29, 0.717) is 22.6 Å². The lowest BCUT2D eigenvalue weighted by Crippen LogP contribution is -2.42. The van der Waals surface area contributed by atoms with Gasteiger partial charge in [0.1, 0.15) is 11.5 Å². The molecule has 0 unspecified atom stereocenters. The van der Waals surface area contributed by atoms with Crippen LogP contribution in [0, 0.1) is 20.8 Å². The van der Waals surface area contributed by atoms with Crippen molar-refractivity contribution in [3.8, 4) is 5.69 Å². The molecule has 3 aromatic rings. The second kappa shape index (κ2) is 7.72. The highest BCUT2D eigenvalue weighted by Gasteiger charge is 2.22. The number of hydrazine groups is 1. The molecule has 0 saturated heterocycles. The van der Waals surface area contributed by atoms with Gasteiger partial charge in [-0.1, -0.05) is 31.5 Å². The van der Waals surface area contributed by atoms with Crippen molar-refractivity contribution in [2.45, 2.75) is 40.5 Å². The molecule has 2 amide bonds. The lowest BCUT2D eigenvalue weighted by molar-refractivity contribution is 0.0845. The summed E-state index contributed by atoms with van der Waals surface area (Å²) in [6.45, 7) is 9.47. The Morgan fingerprint density at radius 3 is 2.14 bits per heavy atom. The van der Waals surface area contributed by atoms with Gasteiger partial charge in [-0.15, -0.1) is 0 Å². The highest BCUT2D eigenvalue weighted by atomic mass is 16.3. The van der Waals surface area contributed by atoms with Crippen LogP contribution in [0.15, 0.2) is 40.9 Å². The predicted molar refractivity (Wildman–Crippen MR) is 106 cm³/mol. The van der Waals surface area contributed by atoms with Crippen LogP contribution in [-0.2, 0) is 0 Å². The number of carbonyl (C=O) groups excluding carboxylic acids is 2. The fourth-order valence-corrected chi connectivity index (χ4v) is 3.08. The summed E-state index contributed by atoms with van der Waals surface area (Å²) in [7, 11) is 0. The third-order valence-corrected chi connectivity index (χ3v) is 4.45. The van der Waals surface area contributed by atoms with Crippen LogP contribution in [-0.4, -0.2) is 21.6 Å². The third kappa shape index (κ3) is 3.83. The molecule has 1 aromatic carbocycles. The van der Waals surface area contributed by atoms with Crippen LogP contribution < -0.4 is 10.9 Å². The Bertz CT molecular complexity index is 1010. The summed E-state index contributed by atoms with van der Waals surface area (Å²) in [6.07, 6.45) is 1.52. The van der Waals surface area contributed by atoms with Crippen LogP contribution in [0.2, 0.25) is 0 Å². The Labute approximate surface area is 163 Å². The number of nitrogens with one attached hydrogen (secondary N) is 2. The van der Waals surface area contributed by atoms with Gasteiger partial charge in [0.05, 0.1) is 28.7 Å². The largest absolute Gasteiger partial charge is 0.466 e. The van der Waals surface area contributed by atoms with Crippen molar-refractivity contribution >= 4 is 11.8 Å².